The van der Waals surface area contributed by atoms with Gasteiger partial charge in [-0.15, -0.1) is 0 Å². The molecule has 0 spiro atoms. The Bertz CT molecular complexity index is 563. The highest BCUT2D eigenvalue weighted by Gasteiger charge is 2.31. The lowest BCUT2D eigenvalue weighted by Gasteiger charge is -2.16. The van der Waals surface area contributed by atoms with Crippen molar-refractivity contribution in [2.45, 2.75) is 25.3 Å². The number of amides is 1. The topological polar surface area (TPSA) is 92.4 Å². The van der Waals surface area contributed by atoms with E-state index < -0.39 is 35.0 Å². The summed E-state index contributed by atoms with van der Waals surface area (Å²) in [5.41, 5.74) is 5.01. The Morgan fingerprint density at radius 1 is 1.25 bits per heavy atom. The number of carbonyl (C=O) groups excluding carboxylic acids is 1. The minimum atomic E-state index is -1.45. The predicted molar refractivity (Wildman–Crippen MR) is 67.3 cm³/mol. The van der Waals surface area contributed by atoms with E-state index in [1.807, 2.05) is 0 Å². The number of nitrogens with two attached hydrogens (primary N) is 1. The van der Waals surface area contributed by atoms with Gasteiger partial charge in [-0.2, -0.15) is 0 Å². The molecule has 4 N–H and O–H groups in total. The van der Waals surface area contributed by atoms with Crippen molar-refractivity contribution in [2.24, 2.45) is 11.7 Å². The molecule has 0 radical (unpaired) electrons. The molecular formula is C13H14F2N2O3. The maximum Gasteiger partial charge on any atom is 0.337 e. The van der Waals surface area contributed by atoms with Crippen LogP contribution in [0.5, 0.6) is 0 Å². The summed E-state index contributed by atoms with van der Waals surface area (Å²) in [6, 6.07) is 0.910. The van der Waals surface area contributed by atoms with Crippen molar-refractivity contribution in [2.75, 3.05) is 5.32 Å². The van der Waals surface area contributed by atoms with Gasteiger partial charge in [0.25, 0.3) is 0 Å². The predicted octanol–water partition coefficient (Wildman–Crippen LogP) is 1.73. The molecule has 0 heterocycles. The van der Waals surface area contributed by atoms with Crippen LogP contribution in [-0.2, 0) is 4.79 Å². The Kier molecular flexibility index (Phi) is 3.99. The summed E-state index contributed by atoms with van der Waals surface area (Å²) in [5, 5.41) is 11.3. The van der Waals surface area contributed by atoms with Gasteiger partial charge in [-0.3, -0.25) is 4.79 Å². The summed E-state index contributed by atoms with van der Waals surface area (Å²) in [6.45, 7) is 0. The summed E-state index contributed by atoms with van der Waals surface area (Å²) in [7, 11) is 0. The highest BCUT2D eigenvalue weighted by Crippen LogP contribution is 2.27. The van der Waals surface area contributed by atoms with E-state index >= 15 is 0 Å². The second kappa shape index (κ2) is 5.54. The van der Waals surface area contributed by atoms with Gasteiger partial charge in [0.1, 0.15) is 0 Å². The molecular weight excluding hydrogens is 270 g/mol. The Hall–Kier alpha value is -2.02. The number of halogens is 2. The first-order valence-corrected chi connectivity index (χ1v) is 6.19. The number of benzene rings is 1. The van der Waals surface area contributed by atoms with Gasteiger partial charge in [0.05, 0.1) is 17.2 Å². The largest absolute Gasteiger partial charge is 0.478 e. The van der Waals surface area contributed by atoms with Crippen LogP contribution in [0.15, 0.2) is 12.1 Å². The first-order valence-electron chi connectivity index (χ1n) is 6.19. The molecule has 1 aliphatic rings. The molecule has 7 heteroatoms. The highest BCUT2D eigenvalue weighted by atomic mass is 19.2. The van der Waals surface area contributed by atoms with Gasteiger partial charge in [0, 0.05) is 12.1 Å². The van der Waals surface area contributed by atoms with Crippen LogP contribution in [0.1, 0.15) is 29.6 Å². The Morgan fingerprint density at radius 3 is 2.45 bits per heavy atom. The van der Waals surface area contributed by atoms with Crippen LogP contribution < -0.4 is 11.1 Å². The zero-order valence-electron chi connectivity index (χ0n) is 10.5. The lowest BCUT2D eigenvalue weighted by Crippen LogP contribution is -2.34. The van der Waals surface area contributed by atoms with Gasteiger partial charge in [-0.05, 0) is 18.9 Å². The van der Waals surface area contributed by atoms with E-state index in [-0.39, 0.29) is 11.7 Å². The second-order valence-electron chi connectivity index (χ2n) is 4.81. The third-order valence-electron chi connectivity index (χ3n) is 3.45. The molecule has 1 amide bonds. The van der Waals surface area contributed by atoms with Crippen molar-refractivity contribution in [3.8, 4) is 0 Å². The van der Waals surface area contributed by atoms with Crippen molar-refractivity contribution >= 4 is 17.6 Å². The van der Waals surface area contributed by atoms with Gasteiger partial charge in [-0.25, -0.2) is 13.6 Å². The van der Waals surface area contributed by atoms with E-state index in [0.29, 0.717) is 25.0 Å². The van der Waals surface area contributed by atoms with Crippen LogP contribution in [0.2, 0.25) is 0 Å². The first kappa shape index (κ1) is 14.4. The van der Waals surface area contributed by atoms with Crippen LogP contribution in [0.4, 0.5) is 14.5 Å². The molecule has 1 aromatic rings. The van der Waals surface area contributed by atoms with Crippen LogP contribution >= 0.6 is 0 Å². The Balaban J connectivity index is 2.26. The fraction of sp³-hybridized carbons (Fsp3) is 0.385. The van der Waals surface area contributed by atoms with Gasteiger partial charge in [0.15, 0.2) is 11.6 Å². The third kappa shape index (κ3) is 2.77. The summed E-state index contributed by atoms with van der Waals surface area (Å²) >= 11 is 0. The van der Waals surface area contributed by atoms with Crippen molar-refractivity contribution in [3.63, 3.8) is 0 Å². The number of rotatable bonds is 3. The lowest BCUT2D eigenvalue weighted by molar-refractivity contribution is -0.120. The standard InChI is InChI=1S/C13H14F2N2O3/c14-8-4-7(13(19)20)11(5-9(8)15)17-12(18)6-2-1-3-10(6)16/h4-6,10H,1-3,16H2,(H,17,18)(H,19,20). The quantitative estimate of drug-likeness (QED) is 0.788. The smallest absolute Gasteiger partial charge is 0.337 e. The van der Waals surface area contributed by atoms with E-state index in [1.165, 1.54) is 0 Å². The van der Waals surface area contributed by atoms with Gasteiger partial charge >= 0.3 is 5.97 Å². The Labute approximate surface area is 113 Å². The summed E-state index contributed by atoms with van der Waals surface area (Å²) in [5.74, 6) is -4.86. The summed E-state index contributed by atoms with van der Waals surface area (Å²) in [4.78, 5) is 23.0. The fourth-order valence-corrected chi connectivity index (χ4v) is 2.37. The Morgan fingerprint density at radius 2 is 1.90 bits per heavy atom. The number of hydrogen-bond donors (Lipinski definition) is 3. The molecule has 1 fully saturated rings. The minimum absolute atomic E-state index is 0.263. The number of carboxylic acids is 1. The summed E-state index contributed by atoms with van der Waals surface area (Å²) < 4.78 is 26.2. The maximum absolute atomic E-state index is 13.2. The number of nitrogens with one attached hydrogen (secondary N) is 1. The van der Waals surface area contributed by atoms with Crippen molar-refractivity contribution < 1.29 is 23.5 Å². The highest BCUT2D eigenvalue weighted by molar-refractivity contribution is 6.01. The van der Waals surface area contributed by atoms with E-state index in [4.69, 9.17) is 10.8 Å². The van der Waals surface area contributed by atoms with Gasteiger partial charge in [0.2, 0.25) is 5.91 Å². The lowest BCUT2D eigenvalue weighted by atomic mass is 10.0. The second-order valence-corrected chi connectivity index (χ2v) is 4.81. The number of aromatic carboxylic acids is 1. The fourth-order valence-electron chi connectivity index (χ4n) is 2.37. The SMILES string of the molecule is NC1CCCC1C(=O)Nc1cc(F)c(F)cc1C(=O)O. The normalized spacial score (nSPS) is 21.8. The number of carbonyl (C=O) groups is 2. The molecule has 0 aromatic heterocycles. The van der Waals surface area contributed by atoms with Crippen LogP contribution in [0, 0.1) is 17.6 Å². The molecule has 0 aliphatic heterocycles. The first-order chi connectivity index (χ1) is 9.40. The van der Waals surface area contributed by atoms with Crippen LogP contribution in [0.3, 0.4) is 0 Å². The van der Waals surface area contributed by atoms with Crippen LogP contribution in [-0.4, -0.2) is 23.0 Å². The zero-order chi connectivity index (χ0) is 14.9. The van der Waals surface area contributed by atoms with Gasteiger partial charge in [-0.1, -0.05) is 6.42 Å². The molecule has 2 unspecified atom stereocenters. The molecule has 1 saturated carbocycles. The number of hydrogen-bond acceptors (Lipinski definition) is 3. The molecule has 0 saturated heterocycles. The molecule has 2 atom stereocenters. The van der Waals surface area contributed by atoms with Crippen molar-refractivity contribution in [1.82, 2.24) is 0 Å². The van der Waals surface area contributed by atoms with E-state index in [0.717, 1.165) is 6.42 Å². The molecule has 0 bridgehead atoms. The molecule has 1 aromatic carbocycles. The molecule has 20 heavy (non-hydrogen) atoms. The molecule has 2 rings (SSSR count). The summed E-state index contributed by atoms with van der Waals surface area (Å²) in [6.07, 6.45) is 2.11. The van der Waals surface area contributed by atoms with E-state index in [2.05, 4.69) is 5.32 Å². The minimum Gasteiger partial charge on any atom is -0.478 e. The average Bonchev–Trinajstić information content (AvgIpc) is 2.79. The molecule has 5 nitrogen and oxygen atoms in total. The maximum atomic E-state index is 13.2. The van der Waals surface area contributed by atoms with Gasteiger partial charge < -0.3 is 16.2 Å². The third-order valence-corrected chi connectivity index (χ3v) is 3.45. The molecule has 108 valence electrons. The van der Waals surface area contributed by atoms with Crippen molar-refractivity contribution in [1.29, 1.82) is 0 Å². The van der Waals surface area contributed by atoms with Crippen LogP contribution in [0.25, 0.3) is 0 Å². The van der Waals surface area contributed by atoms with E-state index in [1.54, 1.807) is 0 Å². The number of carboxylic acid groups (broad SMARTS) is 1. The average molecular weight is 284 g/mol. The van der Waals surface area contributed by atoms with Crippen molar-refractivity contribution in [3.05, 3.63) is 29.3 Å². The zero-order valence-corrected chi connectivity index (χ0v) is 10.5. The number of anilines is 1. The molecule has 1 aliphatic carbocycles. The van der Waals surface area contributed by atoms with E-state index in [9.17, 15) is 18.4 Å². The monoisotopic (exact) mass is 284 g/mol.